The number of nitrogens with zero attached hydrogens (tertiary/aromatic N) is 1. The zero-order chi connectivity index (χ0) is 14.2. The third kappa shape index (κ3) is 3.01. The van der Waals surface area contributed by atoms with Gasteiger partial charge in [0.25, 0.3) is 0 Å². The van der Waals surface area contributed by atoms with Crippen LogP contribution in [0.2, 0.25) is 0 Å². The molecule has 0 atom stereocenters. The van der Waals surface area contributed by atoms with Gasteiger partial charge in [0.05, 0.1) is 11.3 Å². The molecule has 0 amide bonds. The molecule has 2 nitrogen and oxygen atoms in total. The van der Waals surface area contributed by atoms with Crippen molar-refractivity contribution in [3.63, 3.8) is 0 Å². The summed E-state index contributed by atoms with van der Waals surface area (Å²) in [5.74, 6) is 0. The van der Waals surface area contributed by atoms with Crippen molar-refractivity contribution in [1.82, 2.24) is 9.97 Å². The van der Waals surface area contributed by atoms with E-state index in [4.69, 9.17) is 12.2 Å². The van der Waals surface area contributed by atoms with E-state index in [0.29, 0.717) is 21.6 Å². The number of aromatic nitrogens is 2. The number of aromatic amines is 1. The van der Waals surface area contributed by atoms with E-state index in [1.165, 1.54) is 6.07 Å². The molecule has 0 aliphatic carbocycles. The average Bonchev–Trinajstić information content (AvgIpc) is 2.26. The predicted molar refractivity (Wildman–Crippen MR) is 69.3 cm³/mol. The Bertz CT molecular complexity index is 674. The number of alkyl halides is 3. The largest absolute Gasteiger partial charge is 0.416 e. The van der Waals surface area contributed by atoms with Crippen LogP contribution in [0.4, 0.5) is 13.2 Å². The highest BCUT2D eigenvalue weighted by molar-refractivity contribution is 7.71. The van der Waals surface area contributed by atoms with Crippen molar-refractivity contribution < 1.29 is 13.2 Å². The molecule has 0 saturated heterocycles. The first kappa shape index (κ1) is 13.7. The quantitative estimate of drug-likeness (QED) is 0.784. The van der Waals surface area contributed by atoms with Gasteiger partial charge < -0.3 is 4.98 Å². The van der Waals surface area contributed by atoms with Crippen LogP contribution in [-0.4, -0.2) is 9.97 Å². The predicted octanol–water partition coefficient (Wildman–Crippen LogP) is 4.44. The van der Waals surface area contributed by atoms with Gasteiger partial charge >= 0.3 is 6.18 Å². The molecule has 0 bridgehead atoms. The molecule has 0 aliphatic heterocycles. The van der Waals surface area contributed by atoms with Crippen LogP contribution in [0.1, 0.15) is 16.8 Å². The van der Waals surface area contributed by atoms with Crippen LogP contribution in [0.15, 0.2) is 24.3 Å². The number of aryl methyl sites for hydroxylation is 2. The van der Waals surface area contributed by atoms with E-state index in [2.05, 4.69) is 9.97 Å². The molecular formula is C13H11F3N2S. The maximum atomic E-state index is 12.6. The molecule has 2 aromatic rings. The lowest BCUT2D eigenvalue weighted by Crippen LogP contribution is -2.05. The van der Waals surface area contributed by atoms with Gasteiger partial charge in [-0.25, -0.2) is 4.98 Å². The lowest BCUT2D eigenvalue weighted by Gasteiger charge is -2.11. The molecule has 0 aliphatic rings. The minimum absolute atomic E-state index is 0.314. The summed E-state index contributed by atoms with van der Waals surface area (Å²) in [6.07, 6.45) is -4.33. The van der Waals surface area contributed by atoms with Crippen LogP contribution in [0.3, 0.4) is 0 Å². The first-order chi connectivity index (χ1) is 8.77. The number of hydrogen-bond acceptors (Lipinski definition) is 2. The molecule has 1 aromatic heterocycles. The molecule has 1 heterocycles. The number of halogens is 3. The van der Waals surface area contributed by atoms with Crippen molar-refractivity contribution >= 4 is 12.2 Å². The maximum absolute atomic E-state index is 12.6. The molecule has 1 N–H and O–H groups in total. The summed E-state index contributed by atoms with van der Waals surface area (Å²) in [4.78, 5) is 6.99. The van der Waals surface area contributed by atoms with Crippen molar-refractivity contribution in [1.29, 1.82) is 0 Å². The molecule has 2 rings (SSSR count). The highest BCUT2D eigenvalue weighted by Crippen LogP contribution is 2.32. The smallest absolute Gasteiger partial charge is 0.335 e. The van der Waals surface area contributed by atoms with Crippen LogP contribution < -0.4 is 0 Å². The van der Waals surface area contributed by atoms with Crippen LogP contribution >= 0.6 is 12.2 Å². The van der Waals surface area contributed by atoms with Crippen molar-refractivity contribution in [2.24, 2.45) is 0 Å². The number of hydrogen-bond donors (Lipinski definition) is 1. The third-order valence-electron chi connectivity index (χ3n) is 2.71. The number of nitrogens with one attached hydrogen (secondary N) is 1. The van der Waals surface area contributed by atoms with Gasteiger partial charge in [-0.15, -0.1) is 0 Å². The molecule has 0 spiro atoms. The molecule has 100 valence electrons. The maximum Gasteiger partial charge on any atom is 0.416 e. The van der Waals surface area contributed by atoms with E-state index in [0.717, 1.165) is 17.8 Å². The third-order valence-corrected chi connectivity index (χ3v) is 2.90. The van der Waals surface area contributed by atoms with E-state index < -0.39 is 11.7 Å². The Morgan fingerprint density at radius 3 is 2.37 bits per heavy atom. The Hall–Kier alpha value is -1.69. The minimum Gasteiger partial charge on any atom is -0.335 e. The monoisotopic (exact) mass is 284 g/mol. The van der Waals surface area contributed by atoms with Crippen LogP contribution in [-0.2, 0) is 6.18 Å². The van der Waals surface area contributed by atoms with Gasteiger partial charge in [-0.2, -0.15) is 13.2 Å². The van der Waals surface area contributed by atoms with Gasteiger partial charge in [0, 0.05) is 11.3 Å². The number of H-pyrrole nitrogens is 1. The Kier molecular flexibility index (Phi) is 3.45. The van der Waals surface area contributed by atoms with Gasteiger partial charge in [0.2, 0.25) is 0 Å². The molecule has 6 heteroatoms. The Morgan fingerprint density at radius 2 is 1.84 bits per heavy atom. The molecule has 1 aromatic carbocycles. The SMILES string of the molecule is Cc1cc(-c2ccc(C(F)(F)F)cc2C)nc(=S)[nH]1. The van der Waals surface area contributed by atoms with Gasteiger partial charge in [-0.05, 0) is 49.8 Å². The summed E-state index contributed by atoms with van der Waals surface area (Å²) in [5.41, 5.74) is 1.90. The summed E-state index contributed by atoms with van der Waals surface area (Å²) in [5, 5.41) is 0. The number of rotatable bonds is 1. The highest BCUT2D eigenvalue weighted by Gasteiger charge is 2.30. The zero-order valence-corrected chi connectivity index (χ0v) is 11.1. The summed E-state index contributed by atoms with van der Waals surface area (Å²) in [6, 6.07) is 5.35. The minimum atomic E-state index is -4.33. The van der Waals surface area contributed by atoms with Crippen LogP contribution in [0.25, 0.3) is 11.3 Å². The van der Waals surface area contributed by atoms with Gasteiger partial charge in [-0.1, -0.05) is 6.07 Å². The molecule has 0 fully saturated rings. The number of benzene rings is 1. The molecule has 0 saturated carbocycles. The van der Waals surface area contributed by atoms with Gasteiger partial charge in [0.15, 0.2) is 4.77 Å². The summed E-state index contributed by atoms with van der Waals surface area (Å²) in [6.45, 7) is 3.45. The average molecular weight is 284 g/mol. The van der Waals surface area contributed by atoms with Crippen molar-refractivity contribution in [2.75, 3.05) is 0 Å². The highest BCUT2D eigenvalue weighted by atomic mass is 32.1. The van der Waals surface area contributed by atoms with Crippen LogP contribution in [0.5, 0.6) is 0 Å². The Labute approximate surface area is 113 Å². The van der Waals surface area contributed by atoms with Gasteiger partial charge in [0.1, 0.15) is 0 Å². The van der Waals surface area contributed by atoms with Crippen LogP contribution in [0, 0.1) is 18.6 Å². The lowest BCUT2D eigenvalue weighted by atomic mass is 10.0. The fraction of sp³-hybridized carbons (Fsp3) is 0.231. The normalized spacial score (nSPS) is 11.6. The van der Waals surface area contributed by atoms with E-state index in [9.17, 15) is 13.2 Å². The second-order valence-corrected chi connectivity index (χ2v) is 4.67. The Morgan fingerprint density at radius 1 is 1.16 bits per heavy atom. The first-order valence-electron chi connectivity index (χ1n) is 5.53. The zero-order valence-electron chi connectivity index (χ0n) is 10.3. The standard InChI is InChI=1S/C13H11F3N2S/c1-7-5-9(13(14,15)16)3-4-10(7)11-6-8(2)17-12(19)18-11/h3-6H,1-2H3,(H,17,18,19). The van der Waals surface area contributed by atoms with E-state index in [-0.39, 0.29) is 0 Å². The first-order valence-corrected chi connectivity index (χ1v) is 5.94. The van der Waals surface area contributed by atoms with Gasteiger partial charge in [-0.3, -0.25) is 0 Å². The molecular weight excluding hydrogens is 273 g/mol. The fourth-order valence-corrected chi connectivity index (χ4v) is 2.10. The second-order valence-electron chi connectivity index (χ2n) is 4.28. The topological polar surface area (TPSA) is 28.7 Å². The summed E-state index contributed by atoms with van der Waals surface area (Å²) in [7, 11) is 0. The fourth-order valence-electron chi connectivity index (χ4n) is 1.84. The Balaban J connectivity index is 2.55. The molecule has 0 unspecified atom stereocenters. The lowest BCUT2D eigenvalue weighted by molar-refractivity contribution is -0.137. The van der Waals surface area contributed by atoms with Crippen molar-refractivity contribution in [3.05, 3.63) is 45.9 Å². The molecule has 19 heavy (non-hydrogen) atoms. The summed E-state index contributed by atoms with van der Waals surface area (Å²) >= 11 is 4.97. The molecule has 0 radical (unpaired) electrons. The van der Waals surface area contributed by atoms with E-state index >= 15 is 0 Å². The van der Waals surface area contributed by atoms with E-state index in [1.807, 2.05) is 6.92 Å². The second kappa shape index (κ2) is 4.77. The van der Waals surface area contributed by atoms with Crippen molar-refractivity contribution in [2.45, 2.75) is 20.0 Å². The van der Waals surface area contributed by atoms with Crippen molar-refractivity contribution in [3.8, 4) is 11.3 Å². The summed E-state index contributed by atoms with van der Waals surface area (Å²) < 4.78 is 38.1. The van der Waals surface area contributed by atoms with E-state index in [1.54, 1.807) is 13.0 Å².